The van der Waals surface area contributed by atoms with Gasteiger partial charge in [0.1, 0.15) is 0 Å². The molecule has 2 unspecified atom stereocenters. The topological polar surface area (TPSA) is 64.4 Å². The Morgan fingerprint density at radius 1 is 1.31 bits per heavy atom. The first-order valence-electron chi connectivity index (χ1n) is 6.16. The largest absolute Gasteiger partial charge is 0.381 e. The lowest BCUT2D eigenvalue weighted by molar-refractivity contribution is -0.125. The molecule has 1 rings (SSSR count). The second kappa shape index (κ2) is 6.21. The Morgan fingerprint density at radius 3 is 2.38 bits per heavy atom. The molecule has 16 heavy (non-hydrogen) atoms. The Labute approximate surface area is 97.9 Å². The third-order valence-corrected chi connectivity index (χ3v) is 3.45. The van der Waals surface area contributed by atoms with E-state index in [9.17, 15) is 4.79 Å². The molecular formula is C12H24N2O2. The molecular weight excluding hydrogens is 204 g/mol. The fourth-order valence-corrected chi connectivity index (χ4v) is 1.78. The lowest BCUT2D eigenvalue weighted by Crippen LogP contribution is -2.50. The molecule has 2 atom stereocenters. The molecule has 94 valence electrons. The van der Waals surface area contributed by atoms with Crippen molar-refractivity contribution in [2.75, 3.05) is 13.2 Å². The summed E-state index contributed by atoms with van der Waals surface area (Å²) < 4.78 is 5.26. The molecule has 0 aromatic carbocycles. The van der Waals surface area contributed by atoms with Crippen LogP contribution in [0.15, 0.2) is 0 Å². The van der Waals surface area contributed by atoms with E-state index >= 15 is 0 Å². The van der Waals surface area contributed by atoms with Crippen LogP contribution in [0.3, 0.4) is 0 Å². The van der Waals surface area contributed by atoms with Crippen LogP contribution >= 0.6 is 0 Å². The van der Waals surface area contributed by atoms with Gasteiger partial charge < -0.3 is 15.8 Å². The summed E-state index contributed by atoms with van der Waals surface area (Å²) in [5.74, 6) is 0.687. The Hall–Kier alpha value is -0.610. The zero-order valence-corrected chi connectivity index (χ0v) is 10.5. The maximum absolute atomic E-state index is 11.9. The number of carbonyl (C=O) groups is 1. The van der Waals surface area contributed by atoms with Crippen LogP contribution in [0.4, 0.5) is 0 Å². The van der Waals surface area contributed by atoms with Gasteiger partial charge in [-0.05, 0) is 31.6 Å². The minimum atomic E-state index is -0.384. The SMILES string of the molecule is CC(C)C(C)NC(=O)C(N)C1CCOCC1. The molecule has 0 radical (unpaired) electrons. The summed E-state index contributed by atoms with van der Waals surface area (Å²) in [5, 5.41) is 2.97. The molecule has 1 aliphatic rings. The number of ether oxygens (including phenoxy) is 1. The Morgan fingerprint density at radius 2 is 1.88 bits per heavy atom. The van der Waals surface area contributed by atoms with Gasteiger partial charge in [0, 0.05) is 19.3 Å². The molecule has 0 bridgehead atoms. The third-order valence-electron chi connectivity index (χ3n) is 3.45. The zero-order valence-electron chi connectivity index (χ0n) is 10.5. The van der Waals surface area contributed by atoms with Crippen molar-refractivity contribution >= 4 is 5.91 Å². The maximum Gasteiger partial charge on any atom is 0.237 e. The van der Waals surface area contributed by atoms with Gasteiger partial charge >= 0.3 is 0 Å². The van der Waals surface area contributed by atoms with Gasteiger partial charge in [-0.1, -0.05) is 13.8 Å². The molecule has 4 nitrogen and oxygen atoms in total. The van der Waals surface area contributed by atoms with E-state index in [1.54, 1.807) is 0 Å². The van der Waals surface area contributed by atoms with E-state index in [4.69, 9.17) is 10.5 Å². The van der Waals surface area contributed by atoms with E-state index in [2.05, 4.69) is 19.2 Å². The first-order valence-corrected chi connectivity index (χ1v) is 6.16. The fraction of sp³-hybridized carbons (Fsp3) is 0.917. The predicted molar refractivity (Wildman–Crippen MR) is 64.0 cm³/mol. The van der Waals surface area contributed by atoms with Crippen LogP contribution < -0.4 is 11.1 Å². The Kier molecular flexibility index (Phi) is 5.22. The molecule has 0 aromatic heterocycles. The minimum Gasteiger partial charge on any atom is -0.381 e. The molecule has 1 saturated heterocycles. The highest BCUT2D eigenvalue weighted by molar-refractivity contribution is 5.82. The van der Waals surface area contributed by atoms with Crippen LogP contribution in [-0.2, 0) is 9.53 Å². The molecule has 1 aliphatic heterocycles. The van der Waals surface area contributed by atoms with Gasteiger partial charge in [0.05, 0.1) is 6.04 Å². The molecule has 1 amide bonds. The Bertz CT molecular complexity index is 225. The predicted octanol–water partition coefficient (Wildman–Crippen LogP) is 0.901. The first-order chi connectivity index (χ1) is 7.52. The van der Waals surface area contributed by atoms with E-state index in [1.165, 1.54) is 0 Å². The molecule has 4 heteroatoms. The summed E-state index contributed by atoms with van der Waals surface area (Å²) in [5.41, 5.74) is 5.97. The molecule has 0 aromatic rings. The molecule has 0 spiro atoms. The van der Waals surface area contributed by atoms with Gasteiger partial charge in [-0.2, -0.15) is 0 Å². The average Bonchev–Trinajstić information content (AvgIpc) is 2.28. The van der Waals surface area contributed by atoms with Crippen LogP contribution in [0.1, 0.15) is 33.6 Å². The van der Waals surface area contributed by atoms with Crippen molar-refractivity contribution in [3.63, 3.8) is 0 Å². The number of hydrogen-bond donors (Lipinski definition) is 2. The molecule has 0 saturated carbocycles. The van der Waals surface area contributed by atoms with Gasteiger partial charge in [-0.15, -0.1) is 0 Å². The first kappa shape index (κ1) is 13.5. The molecule has 1 fully saturated rings. The van der Waals surface area contributed by atoms with E-state index in [-0.39, 0.29) is 23.9 Å². The van der Waals surface area contributed by atoms with Crippen LogP contribution in [0.2, 0.25) is 0 Å². The van der Waals surface area contributed by atoms with Crippen molar-refractivity contribution in [3.8, 4) is 0 Å². The van der Waals surface area contributed by atoms with E-state index in [0.29, 0.717) is 5.92 Å². The van der Waals surface area contributed by atoms with E-state index in [0.717, 1.165) is 26.1 Å². The smallest absolute Gasteiger partial charge is 0.237 e. The number of rotatable bonds is 4. The quantitative estimate of drug-likeness (QED) is 0.751. The van der Waals surface area contributed by atoms with Gasteiger partial charge in [0.25, 0.3) is 0 Å². The van der Waals surface area contributed by atoms with E-state index < -0.39 is 0 Å². The third kappa shape index (κ3) is 3.76. The van der Waals surface area contributed by atoms with Crippen molar-refractivity contribution < 1.29 is 9.53 Å². The number of hydrogen-bond acceptors (Lipinski definition) is 3. The van der Waals surface area contributed by atoms with Gasteiger partial charge in [-0.3, -0.25) is 4.79 Å². The van der Waals surface area contributed by atoms with Crippen molar-refractivity contribution in [2.45, 2.75) is 45.7 Å². The number of nitrogens with one attached hydrogen (secondary N) is 1. The van der Waals surface area contributed by atoms with Crippen molar-refractivity contribution in [1.82, 2.24) is 5.32 Å². The zero-order chi connectivity index (χ0) is 12.1. The average molecular weight is 228 g/mol. The summed E-state index contributed by atoms with van der Waals surface area (Å²) >= 11 is 0. The lowest BCUT2D eigenvalue weighted by Gasteiger charge is -2.28. The second-order valence-corrected chi connectivity index (χ2v) is 5.02. The van der Waals surface area contributed by atoms with Crippen LogP contribution in [-0.4, -0.2) is 31.2 Å². The Balaban J connectivity index is 2.40. The van der Waals surface area contributed by atoms with Crippen LogP contribution in [0, 0.1) is 11.8 Å². The standard InChI is InChI=1S/C12H24N2O2/c1-8(2)9(3)14-12(15)11(13)10-4-6-16-7-5-10/h8-11H,4-7,13H2,1-3H3,(H,14,15). The number of nitrogens with two attached hydrogens (primary N) is 1. The molecule has 0 aliphatic carbocycles. The van der Waals surface area contributed by atoms with Crippen LogP contribution in [0.25, 0.3) is 0 Å². The monoisotopic (exact) mass is 228 g/mol. The van der Waals surface area contributed by atoms with Gasteiger partial charge in [-0.25, -0.2) is 0 Å². The van der Waals surface area contributed by atoms with Crippen molar-refractivity contribution in [1.29, 1.82) is 0 Å². The summed E-state index contributed by atoms with van der Waals surface area (Å²) in [6.45, 7) is 7.64. The minimum absolute atomic E-state index is 0.0203. The maximum atomic E-state index is 11.9. The lowest BCUT2D eigenvalue weighted by atomic mass is 9.91. The number of carbonyl (C=O) groups excluding carboxylic acids is 1. The summed E-state index contributed by atoms with van der Waals surface area (Å²) in [4.78, 5) is 11.9. The van der Waals surface area contributed by atoms with E-state index in [1.807, 2.05) is 6.92 Å². The fourth-order valence-electron chi connectivity index (χ4n) is 1.78. The van der Waals surface area contributed by atoms with Crippen molar-refractivity contribution in [3.05, 3.63) is 0 Å². The highest BCUT2D eigenvalue weighted by atomic mass is 16.5. The van der Waals surface area contributed by atoms with Crippen LogP contribution in [0.5, 0.6) is 0 Å². The summed E-state index contributed by atoms with van der Waals surface area (Å²) in [6, 6.07) is -0.205. The van der Waals surface area contributed by atoms with Gasteiger partial charge in [0.2, 0.25) is 5.91 Å². The normalized spacial score (nSPS) is 21.8. The summed E-state index contributed by atoms with van der Waals surface area (Å²) in [6.07, 6.45) is 1.79. The van der Waals surface area contributed by atoms with Gasteiger partial charge in [0.15, 0.2) is 0 Å². The second-order valence-electron chi connectivity index (χ2n) is 5.02. The molecule has 1 heterocycles. The summed E-state index contributed by atoms with van der Waals surface area (Å²) in [7, 11) is 0. The van der Waals surface area contributed by atoms with Crippen molar-refractivity contribution in [2.24, 2.45) is 17.6 Å². The number of amides is 1. The highest BCUT2D eigenvalue weighted by Crippen LogP contribution is 2.17. The molecule has 3 N–H and O–H groups in total. The highest BCUT2D eigenvalue weighted by Gasteiger charge is 2.27.